The van der Waals surface area contributed by atoms with Crippen LogP contribution in [0.5, 0.6) is 0 Å². The van der Waals surface area contributed by atoms with E-state index in [1.54, 1.807) is 0 Å². The van der Waals surface area contributed by atoms with Gasteiger partial charge in [-0.15, -0.1) is 0 Å². The second kappa shape index (κ2) is 6.80. The van der Waals surface area contributed by atoms with Gasteiger partial charge in [0.2, 0.25) is 0 Å². The van der Waals surface area contributed by atoms with Gasteiger partial charge in [0.05, 0.1) is 18.1 Å². The molecule has 14 heavy (non-hydrogen) atoms. The lowest BCUT2D eigenvalue weighted by Gasteiger charge is -2.15. The number of nitrogens with one attached hydrogen (secondary N) is 1. The van der Waals surface area contributed by atoms with E-state index >= 15 is 0 Å². The molecule has 0 aromatic rings. The zero-order chi connectivity index (χ0) is 11.0. The molecule has 3 nitrogen and oxygen atoms in total. The maximum absolute atomic E-state index is 8.75. The minimum atomic E-state index is -0.258. The topological polar surface area (TPSA) is 45.0 Å². The van der Waals surface area contributed by atoms with E-state index in [1.807, 2.05) is 13.8 Å². The summed E-state index contributed by atoms with van der Waals surface area (Å²) < 4.78 is 5.41. The minimum absolute atomic E-state index is 0.258. The van der Waals surface area contributed by atoms with Crippen molar-refractivity contribution in [1.82, 2.24) is 5.32 Å². The minimum Gasteiger partial charge on any atom is -0.380 e. The fraction of sp³-hybridized carbons (Fsp3) is 0.909. The molecule has 0 aliphatic heterocycles. The monoisotopic (exact) mass is 198 g/mol. The van der Waals surface area contributed by atoms with E-state index in [-0.39, 0.29) is 5.41 Å². The molecule has 1 N–H and O–H groups in total. The van der Waals surface area contributed by atoms with E-state index in [0.29, 0.717) is 12.6 Å². The molecule has 82 valence electrons. The summed E-state index contributed by atoms with van der Waals surface area (Å²) in [5.74, 6) is 0. The molecule has 0 saturated carbocycles. The maximum atomic E-state index is 8.75. The molecule has 0 fully saturated rings. The lowest BCUT2D eigenvalue weighted by Crippen LogP contribution is -2.27. The largest absolute Gasteiger partial charge is 0.380 e. The van der Waals surface area contributed by atoms with Crippen molar-refractivity contribution in [3.63, 3.8) is 0 Å². The highest BCUT2D eigenvalue weighted by atomic mass is 16.5. The number of nitrogens with zero attached hydrogens (tertiary/aromatic N) is 1. The summed E-state index contributed by atoms with van der Waals surface area (Å²) >= 11 is 0. The molecular formula is C11H22N2O. The van der Waals surface area contributed by atoms with Crippen LogP contribution in [-0.4, -0.2) is 25.8 Å². The lowest BCUT2D eigenvalue weighted by molar-refractivity contribution is 0.115. The second-order valence-corrected chi connectivity index (χ2v) is 4.47. The highest BCUT2D eigenvalue weighted by molar-refractivity contribution is 4.91. The first-order valence-corrected chi connectivity index (χ1v) is 5.20. The number of nitriles is 1. The Morgan fingerprint density at radius 1 is 1.36 bits per heavy atom. The summed E-state index contributed by atoms with van der Waals surface area (Å²) in [5.41, 5.74) is -0.258. The summed E-state index contributed by atoms with van der Waals surface area (Å²) in [6.45, 7) is 10.4. The van der Waals surface area contributed by atoms with Crippen molar-refractivity contribution in [2.75, 3.05) is 19.8 Å². The van der Waals surface area contributed by atoms with Gasteiger partial charge in [0.1, 0.15) is 0 Å². The van der Waals surface area contributed by atoms with Crippen molar-refractivity contribution in [3.8, 4) is 6.07 Å². The Labute approximate surface area is 87.4 Å². The molecule has 0 heterocycles. The zero-order valence-electron chi connectivity index (χ0n) is 9.76. The third-order valence-corrected chi connectivity index (χ3v) is 1.97. The van der Waals surface area contributed by atoms with Gasteiger partial charge in [0, 0.05) is 19.2 Å². The Hall–Kier alpha value is -0.590. The van der Waals surface area contributed by atoms with Crippen LogP contribution in [0.25, 0.3) is 0 Å². The maximum Gasteiger partial charge on any atom is 0.0684 e. The molecule has 0 amide bonds. The van der Waals surface area contributed by atoms with Gasteiger partial charge in [0.15, 0.2) is 0 Å². The van der Waals surface area contributed by atoms with Gasteiger partial charge in [-0.05, 0) is 20.3 Å². The van der Waals surface area contributed by atoms with Crippen molar-refractivity contribution in [3.05, 3.63) is 0 Å². The van der Waals surface area contributed by atoms with Crippen LogP contribution in [-0.2, 0) is 4.74 Å². The van der Waals surface area contributed by atoms with Gasteiger partial charge < -0.3 is 10.1 Å². The molecule has 0 spiro atoms. The fourth-order valence-electron chi connectivity index (χ4n) is 0.905. The molecule has 0 aliphatic rings. The van der Waals surface area contributed by atoms with E-state index in [2.05, 4.69) is 25.2 Å². The normalized spacial score (nSPS) is 11.7. The molecule has 0 aliphatic carbocycles. The highest BCUT2D eigenvalue weighted by Gasteiger charge is 2.15. The second-order valence-electron chi connectivity index (χ2n) is 4.47. The molecule has 0 aromatic heterocycles. The Morgan fingerprint density at radius 3 is 2.50 bits per heavy atom. The number of ether oxygens (including phenoxy) is 1. The van der Waals surface area contributed by atoms with Crippen LogP contribution in [0.3, 0.4) is 0 Å². The van der Waals surface area contributed by atoms with Crippen molar-refractivity contribution in [2.45, 2.75) is 40.2 Å². The van der Waals surface area contributed by atoms with Crippen molar-refractivity contribution in [2.24, 2.45) is 5.41 Å². The molecule has 0 aromatic carbocycles. The van der Waals surface area contributed by atoms with Crippen LogP contribution >= 0.6 is 0 Å². The Bertz CT molecular complexity index is 182. The van der Waals surface area contributed by atoms with Crippen LogP contribution in [0.4, 0.5) is 0 Å². The van der Waals surface area contributed by atoms with Gasteiger partial charge in [-0.2, -0.15) is 5.26 Å². The van der Waals surface area contributed by atoms with E-state index in [1.165, 1.54) is 0 Å². The lowest BCUT2D eigenvalue weighted by atomic mass is 9.92. The summed E-state index contributed by atoms with van der Waals surface area (Å²) in [6.07, 6.45) is 0.797. The van der Waals surface area contributed by atoms with Gasteiger partial charge >= 0.3 is 0 Å². The van der Waals surface area contributed by atoms with Gasteiger partial charge in [-0.1, -0.05) is 13.8 Å². The average molecular weight is 198 g/mol. The van der Waals surface area contributed by atoms with E-state index in [0.717, 1.165) is 19.6 Å². The summed E-state index contributed by atoms with van der Waals surface area (Å²) in [5, 5.41) is 12.0. The van der Waals surface area contributed by atoms with Crippen LogP contribution < -0.4 is 5.32 Å². The molecule has 0 atom stereocenters. The SMILES string of the molecule is CC(C)NCCOCCC(C)(C)C#N. The quantitative estimate of drug-likeness (QED) is 0.636. The molecule has 0 rings (SSSR count). The van der Waals surface area contributed by atoms with E-state index < -0.39 is 0 Å². The van der Waals surface area contributed by atoms with Gasteiger partial charge in [-0.25, -0.2) is 0 Å². The molecule has 0 bridgehead atoms. The first-order chi connectivity index (χ1) is 6.48. The van der Waals surface area contributed by atoms with Crippen LogP contribution in [0.2, 0.25) is 0 Å². The first-order valence-electron chi connectivity index (χ1n) is 5.20. The van der Waals surface area contributed by atoms with Crippen LogP contribution in [0.1, 0.15) is 34.1 Å². The zero-order valence-corrected chi connectivity index (χ0v) is 9.76. The third kappa shape index (κ3) is 8.03. The van der Waals surface area contributed by atoms with Gasteiger partial charge in [-0.3, -0.25) is 0 Å². The fourth-order valence-corrected chi connectivity index (χ4v) is 0.905. The molecule has 0 unspecified atom stereocenters. The van der Waals surface area contributed by atoms with Crippen molar-refractivity contribution >= 4 is 0 Å². The summed E-state index contributed by atoms with van der Waals surface area (Å²) in [7, 11) is 0. The number of rotatable bonds is 7. The Balaban J connectivity index is 3.27. The first kappa shape index (κ1) is 13.4. The Morgan fingerprint density at radius 2 is 2.00 bits per heavy atom. The smallest absolute Gasteiger partial charge is 0.0684 e. The number of hydrogen-bond acceptors (Lipinski definition) is 3. The van der Waals surface area contributed by atoms with Crippen LogP contribution in [0, 0.1) is 16.7 Å². The average Bonchev–Trinajstić information content (AvgIpc) is 2.10. The van der Waals surface area contributed by atoms with Crippen LogP contribution in [0.15, 0.2) is 0 Å². The van der Waals surface area contributed by atoms with Crippen molar-refractivity contribution in [1.29, 1.82) is 5.26 Å². The van der Waals surface area contributed by atoms with E-state index in [4.69, 9.17) is 10.00 Å². The number of hydrogen-bond donors (Lipinski definition) is 1. The predicted octanol–water partition coefficient (Wildman–Crippen LogP) is 1.94. The predicted molar refractivity (Wildman–Crippen MR) is 58.0 cm³/mol. The molecule has 0 saturated heterocycles. The highest BCUT2D eigenvalue weighted by Crippen LogP contribution is 2.17. The molecule has 0 radical (unpaired) electrons. The van der Waals surface area contributed by atoms with Gasteiger partial charge in [0.25, 0.3) is 0 Å². The molecule has 3 heteroatoms. The summed E-state index contributed by atoms with van der Waals surface area (Å²) in [6, 6.07) is 2.76. The Kier molecular flexibility index (Phi) is 6.52. The standard InChI is InChI=1S/C11H22N2O/c1-10(2)13-6-8-14-7-5-11(3,4)9-12/h10,13H,5-8H2,1-4H3. The third-order valence-electron chi connectivity index (χ3n) is 1.97. The van der Waals surface area contributed by atoms with Crippen molar-refractivity contribution < 1.29 is 4.74 Å². The summed E-state index contributed by atoms with van der Waals surface area (Å²) in [4.78, 5) is 0. The van der Waals surface area contributed by atoms with E-state index in [9.17, 15) is 0 Å². The molecular weight excluding hydrogens is 176 g/mol.